The van der Waals surface area contributed by atoms with Crippen LogP contribution in [-0.4, -0.2) is 33.5 Å². The van der Waals surface area contributed by atoms with E-state index in [1.807, 2.05) is 12.1 Å². The number of fused-ring (bicyclic) bond motifs is 1. The first-order valence-corrected chi connectivity index (χ1v) is 6.98. The summed E-state index contributed by atoms with van der Waals surface area (Å²) in [5.41, 5.74) is 1.21. The van der Waals surface area contributed by atoms with E-state index in [0.717, 1.165) is 44.3 Å². The van der Waals surface area contributed by atoms with Crippen LogP contribution in [0.5, 0.6) is 11.5 Å². The van der Waals surface area contributed by atoms with Gasteiger partial charge in [0.2, 0.25) is 0 Å². The second kappa shape index (κ2) is 5.80. The Bertz CT molecular complexity index is 429. The van der Waals surface area contributed by atoms with Crippen molar-refractivity contribution < 1.29 is 14.2 Å². The molecule has 0 saturated carbocycles. The van der Waals surface area contributed by atoms with Crippen LogP contribution in [0.3, 0.4) is 0 Å². The van der Waals surface area contributed by atoms with E-state index in [0.29, 0.717) is 12.0 Å². The van der Waals surface area contributed by atoms with Crippen LogP contribution in [-0.2, 0) is 4.74 Å². The largest absolute Gasteiger partial charge is 0.497 e. The lowest BCUT2D eigenvalue weighted by atomic mass is 9.99. The average molecular weight is 263 g/mol. The molecule has 0 radical (unpaired) electrons. The minimum Gasteiger partial charge on any atom is -0.497 e. The van der Waals surface area contributed by atoms with Crippen LogP contribution in [0.25, 0.3) is 0 Å². The highest BCUT2D eigenvalue weighted by Crippen LogP contribution is 2.34. The molecule has 2 heterocycles. The molecule has 19 heavy (non-hydrogen) atoms. The van der Waals surface area contributed by atoms with E-state index < -0.39 is 0 Å². The molecule has 1 aromatic rings. The van der Waals surface area contributed by atoms with Gasteiger partial charge in [0, 0.05) is 31.2 Å². The molecule has 1 saturated heterocycles. The van der Waals surface area contributed by atoms with E-state index in [1.54, 1.807) is 7.11 Å². The van der Waals surface area contributed by atoms with E-state index in [-0.39, 0.29) is 0 Å². The second-order valence-electron chi connectivity index (χ2n) is 5.23. The van der Waals surface area contributed by atoms with E-state index >= 15 is 0 Å². The van der Waals surface area contributed by atoms with Crippen LogP contribution in [0.2, 0.25) is 0 Å². The lowest BCUT2D eigenvalue weighted by Gasteiger charge is -2.28. The number of ether oxygens (including phenoxy) is 3. The van der Waals surface area contributed by atoms with Crippen LogP contribution >= 0.6 is 0 Å². The Hall–Kier alpha value is -1.26. The summed E-state index contributed by atoms with van der Waals surface area (Å²) < 4.78 is 16.4. The molecule has 0 amide bonds. The smallest absolute Gasteiger partial charge is 0.124 e. The van der Waals surface area contributed by atoms with Gasteiger partial charge in [-0.25, -0.2) is 0 Å². The maximum absolute atomic E-state index is 5.70. The highest BCUT2D eigenvalue weighted by Gasteiger charge is 2.23. The van der Waals surface area contributed by atoms with Gasteiger partial charge in [0.25, 0.3) is 0 Å². The topological polar surface area (TPSA) is 39.7 Å². The first kappa shape index (κ1) is 12.8. The summed E-state index contributed by atoms with van der Waals surface area (Å²) in [6, 6.07) is 6.39. The Balaban J connectivity index is 1.69. The lowest BCUT2D eigenvalue weighted by molar-refractivity contribution is 0.183. The molecule has 4 nitrogen and oxygen atoms in total. The molecular formula is C15H21NO3. The third kappa shape index (κ3) is 2.85. The molecule has 4 heteroatoms. The quantitative estimate of drug-likeness (QED) is 0.903. The third-order valence-electron chi connectivity index (χ3n) is 3.93. The second-order valence-corrected chi connectivity index (χ2v) is 5.23. The number of methoxy groups -OCH3 is 1. The maximum atomic E-state index is 5.70. The van der Waals surface area contributed by atoms with Gasteiger partial charge in [0.15, 0.2) is 0 Å². The van der Waals surface area contributed by atoms with Gasteiger partial charge >= 0.3 is 0 Å². The van der Waals surface area contributed by atoms with Gasteiger partial charge in [-0.3, -0.25) is 0 Å². The number of nitrogens with one attached hydrogen (secondary N) is 1. The average Bonchev–Trinajstić information content (AvgIpc) is 2.97. The van der Waals surface area contributed by atoms with Gasteiger partial charge in [-0.15, -0.1) is 0 Å². The summed E-state index contributed by atoms with van der Waals surface area (Å²) >= 11 is 0. The van der Waals surface area contributed by atoms with E-state index in [4.69, 9.17) is 14.2 Å². The zero-order valence-electron chi connectivity index (χ0n) is 11.4. The minimum absolute atomic E-state index is 0.361. The highest BCUT2D eigenvalue weighted by atomic mass is 16.5. The summed E-state index contributed by atoms with van der Waals surface area (Å²) in [5, 5.41) is 3.66. The zero-order valence-corrected chi connectivity index (χ0v) is 11.4. The Kier molecular flexibility index (Phi) is 3.89. The van der Waals surface area contributed by atoms with Crippen molar-refractivity contribution >= 4 is 0 Å². The molecule has 2 aliphatic rings. The molecule has 0 aliphatic carbocycles. The van der Waals surface area contributed by atoms with Gasteiger partial charge in [0.1, 0.15) is 11.5 Å². The Labute approximate surface area is 114 Å². The fourth-order valence-electron chi connectivity index (χ4n) is 2.76. The molecular weight excluding hydrogens is 242 g/mol. The summed E-state index contributed by atoms with van der Waals surface area (Å²) in [7, 11) is 1.70. The van der Waals surface area contributed by atoms with E-state index in [9.17, 15) is 0 Å². The van der Waals surface area contributed by atoms with Crippen LogP contribution in [0.1, 0.15) is 24.4 Å². The van der Waals surface area contributed by atoms with Crippen LogP contribution in [0.15, 0.2) is 18.2 Å². The van der Waals surface area contributed by atoms with Crippen molar-refractivity contribution in [2.24, 2.45) is 5.92 Å². The maximum Gasteiger partial charge on any atom is 0.124 e. The number of hydrogen-bond acceptors (Lipinski definition) is 4. The standard InChI is InChI=1S/C15H21NO3/c1-17-12-2-3-15-13(8-12)14(5-7-19-15)16-9-11-4-6-18-10-11/h2-3,8,11,14,16H,4-7,9-10H2,1H3. The van der Waals surface area contributed by atoms with Crippen LogP contribution in [0, 0.1) is 5.92 Å². The Morgan fingerprint density at radius 3 is 3.05 bits per heavy atom. The zero-order chi connectivity index (χ0) is 13.1. The van der Waals surface area contributed by atoms with Crippen molar-refractivity contribution in [2.75, 3.05) is 33.5 Å². The summed E-state index contributed by atoms with van der Waals surface area (Å²) in [5.74, 6) is 2.52. The molecule has 2 unspecified atom stereocenters. The minimum atomic E-state index is 0.361. The molecule has 1 fully saturated rings. The Morgan fingerprint density at radius 2 is 2.26 bits per heavy atom. The molecule has 1 aromatic carbocycles. The van der Waals surface area contributed by atoms with Crippen molar-refractivity contribution in [3.8, 4) is 11.5 Å². The molecule has 2 atom stereocenters. The van der Waals surface area contributed by atoms with Crippen molar-refractivity contribution in [3.63, 3.8) is 0 Å². The number of hydrogen-bond donors (Lipinski definition) is 1. The fraction of sp³-hybridized carbons (Fsp3) is 0.600. The first-order valence-electron chi connectivity index (χ1n) is 6.98. The highest BCUT2D eigenvalue weighted by molar-refractivity contribution is 5.43. The van der Waals surface area contributed by atoms with Crippen molar-refractivity contribution in [3.05, 3.63) is 23.8 Å². The molecule has 2 aliphatic heterocycles. The van der Waals surface area contributed by atoms with E-state index in [2.05, 4.69) is 11.4 Å². The molecule has 1 N–H and O–H groups in total. The number of benzene rings is 1. The van der Waals surface area contributed by atoms with E-state index in [1.165, 1.54) is 12.0 Å². The summed E-state index contributed by atoms with van der Waals surface area (Å²) in [4.78, 5) is 0. The SMILES string of the molecule is COc1ccc2c(c1)C(NCC1CCOC1)CCO2. The van der Waals surface area contributed by atoms with Crippen molar-refractivity contribution in [2.45, 2.75) is 18.9 Å². The predicted octanol–water partition coefficient (Wildman–Crippen LogP) is 2.14. The van der Waals surface area contributed by atoms with Gasteiger partial charge in [-0.05, 0) is 30.5 Å². The van der Waals surface area contributed by atoms with Gasteiger partial charge in [0.05, 0.1) is 20.3 Å². The summed E-state index contributed by atoms with van der Waals surface area (Å²) in [6.45, 7) is 3.59. The Morgan fingerprint density at radius 1 is 1.32 bits per heavy atom. The molecule has 0 bridgehead atoms. The number of rotatable bonds is 4. The first-order chi connectivity index (χ1) is 9.36. The fourth-order valence-corrected chi connectivity index (χ4v) is 2.76. The van der Waals surface area contributed by atoms with Crippen molar-refractivity contribution in [1.29, 1.82) is 0 Å². The van der Waals surface area contributed by atoms with Gasteiger partial charge in [-0.1, -0.05) is 0 Å². The molecule has 0 aromatic heterocycles. The molecule has 0 spiro atoms. The monoisotopic (exact) mass is 263 g/mol. The predicted molar refractivity (Wildman–Crippen MR) is 72.8 cm³/mol. The third-order valence-corrected chi connectivity index (χ3v) is 3.93. The normalized spacial score (nSPS) is 25.7. The molecule has 3 rings (SSSR count). The summed E-state index contributed by atoms with van der Waals surface area (Å²) in [6.07, 6.45) is 2.18. The lowest BCUT2D eigenvalue weighted by Crippen LogP contribution is -2.31. The van der Waals surface area contributed by atoms with Gasteiger partial charge in [-0.2, -0.15) is 0 Å². The van der Waals surface area contributed by atoms with Gasteiger partial charge < -0.3 is 19.5 Å². The van der Waals surface area contributed by atoms with Crippen LogP contribution in [0.4, 0.5) is 0 Å². The van der Waals surface area contributed by atoms with Crippen molar-refractivity contribution in [1.82, 2.24) is 5.32 Å². The van der Waals surface area contributed by atoms with Crippen LogP contribution < -0.4 is 14.8 Å². The molecule has 104 valence electrons.